The molecule has 3 aromatic carbocycles. The van der Waals surface area contributed by atoms with Crippen LogP contribution in [0.3, 0.4) is 0 Å². The summed E-state index contributed by atoms with van der Waals surface area (Å²) in [5, 5.41) is 12.7. The van der Waals surface area contributed by atoms with Gasteiger partial charge in [-0.1, -0.05) is 72.8 Å². The van der Waals surface area contributed by atoms with Crippen molar-refractivity contribution in [3.63, 3.8) is 0 Å². The Kier molecular flexibility index (Phi) is 12.2. The summed E-state index contributed by atoms with van der Waals surface area (Å²) in [5.74, 6) is 2.76. The molecule has 1 aliphatic heterocycles. The highest BCUT2D eigenvalue weighted by molar-refractivity contribution is 6.15. The Morgan fingerprint density at radius 1 is 0.788 bits per heavy atom. The standard InChI is InChI=1S/C44H54N4O4/c1-44(2,3)52-43(49)48-25-23-32(24-26-48)27-31-15-17-35(18-16-31)36-19-20-37(39(28-36)46-4)41(45)38-21-22-40(50-29-33-11-7-5-8-12-33)47-42(38)51-30-34-13-9-6-10-14-34/h5-14,19-22,28,31-32,35,45-46H,15-18,23-27,29-30H2,1-4H3. The number of benzene rings is 3. The zero-order valence-corrected chi connectivity index (χ0v) is 31.2. The lowest BCUT2D eigenvalue weighted by Gasteiger charge is -2.36. The monoisotopic (exact) mass is 702 g/mol. The molecule has 2 aliphatic rings. The van der Waals surface area contributed by atoms with Crippen molar-refractivity contribution in [3.8, 4) is 11.8 Å². The molecule has 1 saturated heterocycles. The molecule has 1 aliphatic carbocycles. The van der Waals surface area contributed by atoms with E-state index in [-0.39, 0.29) is 6.09 Å². The smallest absolute Gasteiger partial charge is 0.410 e. The Labute approximate surface area is 309 Å². The van der Waals surface area contributed by atoms with E-state index in [0.29, 0.717) is 48.1 Å². The Hall–Kier alpha value is -4.85. The highest BCUT2D eigenvalue weighted by Gasteiger charge is 2.30. The third kappa shape index (κ3) is 9.93. The van der Waals surface area contributed by atoms with Crippen LogP contribution in [-0.2, 0) is 18.0 Å². The van der Waals surface area contributed by atoms with Crippen LogP contribution in [0.15, 0.2) is 91.0 Å². The number of hydrogen-bond acceptors (Lipinski definition) is 7. The molecule has 0 spiro atoms. The number of carbonyl (C=O) groups is 1. The van der Waals surface area contributed by atoms with Crippen LogP contribution in [0, 0.1) is 17.2 Å². The van der Waals surface area contributed by atoms with Crippen molar-refractivity contribution >= 4 is 17.5 Å². The van der Waals surface area contributed by atoms with Gasteiger partial charge in [-0.2, -0.15) is 4.98 Å². The highest BCUT2D eigenvalue weighted by atomic mass is 16.6. The van der Waals surface area contributed by atoms with Crippen molar-refractivity contribution in [1.82, 2.24) is 9.88 Å². The Morgan fingerprint density at radius 3 is 2.00 bits per heavy atom. The predicted octanol–water partition coefficient (Wildman–Crippen LogP) is 10.0. The maximum Gasteiger partial charge on any atom is 0.410 e. The number of anilines is 1. The molecule has 0 radical (unpaired) electrons. The van der Waals surface area contributed by atoms with Crippen LogP contribution in [0.5, 0.6) is 11.8 Å². The number of pyridine rings is 1. The van der Waals surface area contributed by atoms with Gasteiger partial charge in [-0.05, 0) is 112 Å². The lowest BCUT2D eigenvalue weighted by Crippen LogP contribution is -2.42. The summed E-state index contributed by atoms with van der Waals surface area (Å²) in [6.07, 6.45) is 8.02. The molecular formula is C44H54N4O4. The van der Waals surface area contributed by atoms with Crippen LogP contribution in [0.1, 0.15) is 99.5 Å². The number of hydrogen-bond donors (Lipinski definition) is 2. The molecule has 4 aromatic rings. The predicted molar refractivity (Wildman–Crippen MR) is 208 cm³/mol. The van der Waals surface area contributed by atoms with Crippen LogP contribution >= 0.6 is 0 Å². The first-order valence-corrected chi connectivity index (χ1v) is 18.9. The fourth-order valence-electron chi connectivity index (χ4n) is 7.53. The van der Waals surface area contributed by atoms with Crippen LogP contribution < -0.4 is 14.8 Å². The molecule has 2 N–H and O–H groups in total. The Bertz CT molecular complexity index is 1770. The number of nitrogens with one attached hydrogen (secondary N) is 2. The Morgan fingerprint density at radius 2 is 1.38 bits per heavy atom. The number of aromatic nitrogens is 1. The molecule has 6 rings (SSSR count). The molecule has 52 heavy (non-hydrogen) atoms. The minimum absolute atomic E-state index is 0.177. The summed E-state index contributed by atoms with van der Waals surface area (Å²) in [4.78, 5) is 19.1. The van der Waals surface area contributed by atoms with Gasteiger partial charge in [-0.3, -0.25) is 5.41 Å². The second kappa shape index (κ2) is 17.1. The van der Waals surface area contributed by atoms with E-state index in [4.69, 9.17) is 19.2 Å². The molecule has 2 fully saturated rings. The quantitative estimate of drug-likeness (QED) is 0.143. The van der Waals surface area contributed by atoms with Crippen LogP contribution in [0.25, 0.3) is 0 Å². The topological polar surface area (TPSA) is 96.8 Å². The van der Waals surface area contributed by atoms with E-state index in [2.05, 4.69) is 23.5 Å². The van der Waals surface area contributed by atoms with Gasteiger partial charge in [0, 0.05) is 37.5 Å². The van der Waals surface area contributed by atoms with Crippen LogP contribution in [-0.4, -0.2) is 47.4 Å². The van der Waals surface area contributed by atoms with E-state index in [1.807, 2.05) is 106 Å². The normalized spacial score (nSPS) is 18.0. The minimum atomic E-state index is -0.452. The molecule has 1 amide bonds. The summed E-state index contributed by atoms with van der Waals surface area (Å²) in [7, 11) is 1.92. The first-order valence-electron chi connectivity index (χ1n) is 18.9. The average molecular weight is 703 g/mol. The third-order valence-electron chi connectivity index (χ3n) is 10.4. The first kappa shape index (κ1) is 36.9. The van der Waals surface area contributed by atoms with E-state index in [1.54, 1.807) is 0 Å². The van der Waals surface area contributed by atoms with Gasteiger partial charge in [0.15, 0.2) is 0 Å². The van der Waals surface area contributed by atoms with E-state index in [1.165, 1.54) is 37.7 Å². The van der Waals surface area contributed by atoms with Gasteiger partial charge in [-0.15, -0.1) is 0 Å². The van der Waals surface area contributed by atoms with E-state index in [0.717, 1.165) is 54.2 Å². The molecule has 8 nitrogen and oxygen atoms in total. The lowest BCUT2D eigenvalue weighted by molar-refractivity contribution is 0.0173. The van der Waals surface area contributed by atoms with Crippen molar-refractivity contribution in [3.05, 3.63) is 119 Å². The summed E-state index contributed by atoms with van der Waals surface area (Å²) in [6.45, 7) is 8.10. The molecule has 0 bridgehead atoms. The van der Waals surface area contributed by atoms with Crippen LogP contribution in [0.2, 0.25) is 0 Å². The van der Waals surface area contributed by atoms with Gasteiger partial charge in [0.25, 0.3) is 0 Å². The maximum atomic E-state index is 12.5. The third-order valence-corrected chi connectivity index (χ3v) is 10.4. The van der Waals surface area contributed by atoms with Crippen LogP contribution in [0.4, 0.5) is 10.5 Å². The van der Waals surface area contributed by atoms with E-state index in [9.17, 15) is 10.2 Å². The van der Waals surface area contributed by atoms with E-state index >= 15 is 0 Å². The van der Waals surface area contributed by atoms with Gasteiger partial charge in [0.05, 0.1) is 11.3 Å². The number of carbonyl (C=O) groups excluding carboxylic acids is 1. The van der Waals surface area contributed by atoms with Crippen molar-refractivity contribution < 1.29 is 19.0 Å². The van der Waals surface area contributed by atoms with Crippen molar-refractivity contribution in [1.29, 1.82) is 5.41 Å². The molecule has 1 saturated carbocycles. The van der Waals surface area contributed by atoms with Crippen molar-refractivity contribution in [2.24, 2.45) is 11.8 Å². The SMILES string of the molecule is CNc1cc(C2CCC(CC3CCN(C(=O)OC(C)(C)C)CC3)CC2)ccc1C(=N)c1ccc(OCc2ccccc2)nc1OCc1ccccc1. The molecular weight excluding hydrogens is 649 g/mol. The molecule has 274 valence electrons. The van der Waals surface area contributed by atoms with Gasteiger partial charge >= 0.3 is 6.09 Å². The molecule has 0 unspecified atom stereocenters. The number of likely N-dealkylation sites (tertiary alicyclic amines) is 1. The van der Waals surface area contributed by atoms with Gasteiger partial charge in [0.1, 0.15) is 18.8 Å². The number of piperidine rings is 1. The molecule has 1 aromatic heterocycles. The number of ether oxygens (including phenoxy) is 3. The number of amides is 1. The first-order chi connectivity index (χ1) is 25.1. The largest absolute Gasteiger partial charge is 0.473 e. The Balaban J connectivity index is 1.08. The summed E-state index contributed by atoms with van der Waals surface area (Å²) < 4.78 is 17.9. The maximum absolute atomic E-state index is 12.5. The van der Waals surface area contributed by atoms with Gasteiger partial charge in [-0.25, -0.2) is 4.79 Å². The number of rotatable bonds is 12. The highest BCUT2D eigenvalue weighted by Crippen LogP contribution is 2.41. The van der Waals surface area contributed by atoms with Gasteiger partial charge in [0.2, 0.25) is 11.8 Å². The van der Waals surface area contributed by atoms with E-state index < -0.39 is 5.60 Å². The summed E-state index contributed by atoms with van der Waals surface area (Å²) >= 11 is 0. The minimum Gasteiger partial charge on any atom is -0.473 e. The zero-order chi connectivity index (χ0) is 36.5. The summed E-state index contributed by atoms with van der Waals surface area (Å²) in [5.41, 5.74) is 5.66. The fraction of sp³-hybridized carbons (Fsp3) is 0.432. The summed E-state index contributed by atoms with van der Waals surface area (Å²) in [6, 6.07) is 30.2. The molecule has 0 atom stereocenters. The second-order valence-corrected chi connectivity index (χ2v) is 15.3. The second-order valence-electron chi connectivity index (χ2n) is 15.3. The van der Waals surface area contributed by atoms with Crippen molar-refractivity contribution in [2.75, 3.05) is 25.5 Å². The fourth-order valence-corrected chi connectivity index (χ4v) is 7.53. The average Bonchev–Trinajstić information content (AvgIpc) is 3.16. The van der Waals surface area contributed by atoms with Gasteiger partial charge < -0.3 is 24.4 Å². The lowest BCUT2D eigenvalue weighted by atomic mass is 9.74. The molecule has 8 heteroatoms. The number of nitrogens with zero attached hydrogens (tertiary/aromatic N) is 2. The molecule has 2 heterocycles. The zero-order valence-electron chi connectivity index (χ0n) is 31.2. The van der Waals surface area contributed by atoms with Crippen molar-refractivity contribution in [2.45, 2.75) is 90.4 Å².